The molecule has 0 radical (unpaired) electrons. The lowest BCUT2D eigenvalue weighted by atomic mass is 10.1. The first-order valence-electron chi connectivity index (χ1n) is 9.88. The number of amides is 1. The van der Waals surface area contributed by atoms with Crippen molar-refractivity contribution in [3.63, 3.8) is 0 Å². The van der Waals surface area contributed by atoms with E-state index in [0.717, 1.165) is 31.9 Å². The molecule has 0 N–H and O–H groups in total. The van der Waals surface area contributed by atoms with Gasteiger partial charge in [0.05, 0.1) is 23.9 Å². The molecule has 0 atom stereocenters. The van der Waals surface area contributed by atoms with Crippen molar-refractivity contribution in [2.24, 2.45) is 0 Å². The molecule has 0 aliphatic carbocycles. The van der Waals surface area contributed by atoms with E-state index < -0.39 is 0 Å². The summed E-state index contributed by atoms with van der Waals surface area (Å²) in [6.07, 6.45) is 0. The van der Waals surface area contributed by atoms with Crippen LogP contribution in [0.2, 0.25) is 5.02 Å². The standard InChI is InChI=1S/C22H24ClN5O2/c1-16-24-21(25-28(16)20-6-4-3-5-19(20)23)22(29)26(2)15-17-7-9-18(10-8-17)27-11-13-30-14-12-27/h3-10H,11-15H2,1-2H3. The van der Waals surface area contributed by atoms with Crippen LogP contribution in [0.5, 0.6) is 0 Å². The van der Waals surface area contributed by atoms with Crippen LogP contribution in [0, 0.1) is 6.92 Å². The molecule has 30 heavy (non-hydrogen) atoms. The Morgan fingerprint density at radius 1 is 1.13 bits per heavy atom. The van der Waals surface area contributed by atoms with Crippen LogP contribution in [0.15, 0.2) is 48.5 Å². The van der Waals surface area contributed by atoms with Crippen LogP contribution in [0.25, 0.3) is 5.69 Å². The Balaban J connectivity index is 1.45. The monoisotopic (exact) mass is 425 g/mol. The lowest BCUT2D eigenvalue weighted by Gasteiger charge is -2.29. The van der Waals surface area contributed by atoms with E-state index in [-0.39, 0.29) is 11.7 Å². The van der Waals surface area contributed by atoms with Crippen LogP contribution in [-0.4, -0.2) is 58.9 Å². The first kappa shape index (κ1) is 20.4. The number of para-hydroxylation sites is 1. The van der Waals surface area contributed by atoms with E-state index in [9.17, 15) is 4.79 Å². The summed E-state index contributed by atoms with van der Waals surface area (Å²) >= 11 is 6.26. The maximum atomic E-state index is 12.9. The molecule has 3 aromatic rings. The molecule has 0 saturated carbocycles. The van der Waals surface area contributed by atoms with Gasteiger partial charge >= 0.3 is 0 Å². The predicted octanol–water partition coefficient (Wildman–Crippen LogP) is 3.34. The molecule has 2 aromatic carbocycles. The minimum Gasteiger partial charge on any atom is -0.378 e. The van der Waals surface area contributed by atoms with Crippen molar-refractivity contribution in [1.82, 2.24) is 19.7 Å². The quantitative estimate of drug-likeness (QED) is 0.627. The Hall–Kier alpha value is -2.90. The number of nitrogens with zero attached hydrogens (tertiary/aromatic N) is 5. The highest BCUT2D eigenvalue weighted by Crippen LogP contribution is 2.21. The van der Waals surface area contributed by atoms with Crippen molar-refractivity contribution >= 4 is 23.2 Å². The highest BCUT2D eigenvalue weighted by molar-refractivity contribution is 6.32. The molecule has 8 heteroatoms. The van der Waals surface area contributed by atoms with Gasteiger partial charge in [-0.1, -0.05) is 35.9 Å². The highest BCUT2D eigenvalue weighted by Gasteiger charge is 2.20. The number of hydrogen-bond donors (Lipinski definition) is 0. The molecule has 0 unspecified atom stereocenters. The minimum absolute atomic E-state index is 0.153. The van der Waals surface area contributed by atoms with Gasteiger partial charge in [0.2, 0.25) is 5.82 Å². The summed E-state index contributed by atoms with van der Waals surface area (Å²) in [6, 6.07) is 15.6. The third-order valence-electron chi connectivity index (χ3n) is 5.12. The number of carbonyl (C=O) groups excluding carboxylic acids is 1. The van der Waals surface area contributed by atoms with E-state index in [1.54, 1.807) is 29.6 Å². The van der Waals surface area contributed by atoms with E-state index in [0.29, 0.717) is 23.1 Å². The van der Waals surface area contributed by atoms with Gasteiger partial charge in [-0.25, -0.2) is 9.67 Å². The van der Waals surface area contributed by atoms with Crippen molar-refractivity contribution in [2.75, 3.05) is 38.3 Å². The molecule has 1 amide bonds. The summed E-state index contributed by atoms with van der Waals surface area (Å²) in [5, 5.41) is 4.94. The first-order valence-corrected chi connectivity index (χ1v) is 10.3. The molecule has 156 valence electrons. The molecule has 0 spiro atoms. The topological polar surface area (TPSA) is 63.5 Å². The largest absolute Gasteiger partial charge is 0.378 e. The Bertz CT molecular complexity index is 1030. The third-order valence-corrected chi connectivity index (χ3v) is 5.44. The Labute approximate surface area is 180 Å². The molecule has 1 fully saturated rings. The zero-order valence-electron chi connectivity index (χ0n) is 17.1. The zero-order valence-corrected chi connectivity index (χ0v) is 17.8. The number of halogens is 1. The van der Waals surface area contributed by atoms with Crippen molar-refractivity contribution in [3.8, 4) is 5.69 Å². The third kappa shape index (κ3) is 4.32. The van der Waals surface area contributed by atoms with Crippen LogP contribution in [0.4, 0.5) is 5.69 Å². The molecule has 1 aromatic heterocycles. The maximum absolute atomic E-state index is 12.9. The van der Waals surface area contributed by atoms with Crippen molar-refractivity contribution < 1.29 is 9.53 Å². The number of benzene rings is 2. The average Bonchev–Trinajstić information content (AvgIpc) is 3.16. The second-order valence-electron chi connectivity index (χ2n) is 7.27. The fourth-order valence-electron chi connectivity index (χ4n) is 3.48. The van der Waals surface area contributed by atoms with Gasteiger partial charge in [-0.2, -0.15) is 0 Å². The minimum atomic E-state index is -0.235. The molecule has 0 bridgehead atoms. The number of anilines is 1. The molecule has 4 rings (SSSR count). The summed E-state index contributed by atoms with van der Waals surface area (Å²) in [4.78, 5) is 21.1. The van der Waals surface area contributed by atoms with Gasteiger partial charge in [-0.15, -0.1) is 5.10 Å². The summed E-state index contributed by atoms with van der Waals surface area (Å²) < 4.78 is 7.00. The van der Waals surface area contributed by atoms with Gasteiger partial charge in [0.1, 0.15) is 5.82 Å². The molecule has 7 nitrogen and oxygen atoms in total. The van der Waals surface area contributed by atoms with Gasteiger partial charge in [-0.3, -0.25) is 4.79 Å². The Morgan fingerprint density at radius 3 is 2.53 bits per heavy atom. The fraction of sp³-hybridized carbons (Fsp3) is 0.318. The molecular formula is C22H24ClN5O2. The van der Waals surface area contributed by atoms with Gasteiger partial charge < -0.3 is 14.5 Å². The number of aromatic nitrogens is 3. The first-order chi connectivity index (χ1) is 14.5. The van der Waals surface area contributed by atoms with E-state index in [1.807, 2.05) is 18.2 Å². The lowest BCUT2D eigenvalue weighted by Crippen LogP contribution is -2.36. The summed E-state index contributed by atoms with van der Waals surface area (Å²) in [7, 11) is 1.75. The Kier molecular flexibility index (Phi) is 6.01. The zero-order chi connectivity index (χ0) is 21.1. The van der Waals surface area contributed by atoms with Crippen LogP contribution in [0.1, 0.15) is 22.0 Å². The predicted molar refractivity (Wildman–Crippen MR) is 116 cm³/mol. The molecule has 1 saturated heterocycles. The van der Waals surface area contributed by atoms with E-state index in [2.05, 4.69) is 39.2 Å². The number of ether oxygens (including phenoxy) is 1. The number of carbonyl (C=O) groups is 1. The summed E-state index contributed by atoms with van der Waals surface area (Å²) in [5.74, 6) is 0.524. The van der Waals surface area contributed by atoms with Crippen LogP contribution >= 0.6 is 11.6 Å². The number of hydrogen-bond acceptors (Lipinski definition) is 5. The normalized spacial score (nSPS) is 14.0. The lowest BCUT2D eigenvalue weighted by molar-refractivity contribution is 0.0773. The average molecular weight is 426 g/mol. The van der Waals surface area contributed by atoms with Crippen molar-refractivity contribution in [1.29, 1.82) is 0 Å². The number of aryl methyl sites for hydroxylation is 1. The van der Waals surface area contributed by atoms with E-state index in [4.69, 9.17) is 16.3 Å². The fourth-order valence-corrected chi connectivity index (χ4v) is 3.70. The highest BCUT2D eigenvalue weighted by atomic mass is 35.5. The number of morpholine rings is 1. The van der Waals surface area contributed by atoms with E-state index in [1.165, 1.54) is 5.69 Å². The molecule has 2 heterocycles. The second-order valence-corrected chi connectivity index (χ2v) is 7.68. The molecule has 1 aliphatic heterocycles. The SMILES string of the molecule is Cc1nc(C(=O)N(C)Cc2ccc(N3CCOCC3)cc2)nn1-c1ccccc1Cl. The van der Waals surface area contributed by atoms with Crippen molar-refractivity contribution in [2.45, 2.75) is 13.5 Å². The van der Waals surface area contributed by atoms with Crippen LogP contribution in [0.3, 0.4) is 0 Å². The van der Waals surface area contributed by atoms with Crippen LogP contribution in [-0.2, 0) is 11.3 Å². The van der Waals surface area contributed by atoms with Gasteiger partial charge in [0, 0.05) is 32.4 Å². The van der Waals surface area contributed by atoms with Gasteiger partial charge in [-0.05, 0) is 36.8 Å². The molecular weight excluding hydrogens is 402 g/mol. The van der Waals surface area contributed by atoms with Gasteiger partial charge in [0.25, 0.3) is 5.91 Å². The molecule has 1 aliphatic rings. The van der Waals surface area contributed by atoms with E-state index >= 15 is 0 Å². The van der Waals surface area contributed by atoms with Gasteiger partial charge in [0.15, 0.2) is 0 Å². The summed E-state index contributed by atoms with van der Waals surface area (Å²) in [6.45, 7) is 5.59. The maximum Gasteiger partial charge on any atom is 0.293 e. The number of rotatable bonds is 5. The van der Waals surface area contributed by atoms with Crippen molar-refractivity contribution in [3.05, 3.63) is 70.8 Å². The van der Waals surface area contributed by atoms with Crippen LogP contribution < -0.4 is 4.90 Å². The second kappa shape index (κ2) is 8.85. The Morgan fingerprint density at radius 2 is 1.83 bits per heavy atom. The summed E-state index contributed by atoms with van der Waals surface area (Å²) in [5.41, 5.74) is 2.92. The smallest absolute Gasteiger partial charge is 0.293 e.